The second-order valence-electron chi connectivity index (χ2n) is 3.55. The Bertz CT molecular complexity index is 589. The molecule has 0 saturated carbocycles. The molecule has 0 unspecified atom stereocenters. The second-order valence-corrected chi connectivity index (χ2v) is 5.81. The van der Waals surface area contributed by atoms with Gasteiger partial charge in [0.2, 0.25) is 0 Å². The number of nitrogens with one attached hydrogen (secondary N) is 1. The molecule has 5 nitrogen and oxygen atoms in total. The van der Waals surface area contributed by atoms with Crippen molar-refractivity contribution in [3.63, 3.8) is 0 Å². The van der Waals surface area contributed by atoms with E-state index in [2.05, 4.69) is 10.3 Å². The van der Waals surface area contributed by atoms with Crippen molar-refractivity contribution in [3.8, 4) is 0 Å². The van der Waals surface area contributed by atoms with Gasteiger partial charge in [-0.15, -0.1) is 0 Å². The first-order chi connectivity index (χ1) is 7.56. The van der Waals surface area contributed by atoms with Gasteiger partial charge in [-0.1, -0.05) is 0 Å². The minimum absolute atomic E-state index is 0.0862. The summed E-state index contributed by atoms with van der Waals surface area (Å²) in [5.41, 5.74) is 0.733. The van der Waals surface area contributed by atoms with Gasteiger partial charge in [-0.25, -0.2) is 13.4 Å². The highest BCUT2D eigenvalue weighted by atomic mass is 32.2. The van der Waals surface area contributed by atoms with Crippen LogP contribution >= 0.6 is 0 Å². The molecule has 2 rings (SSSR count). The summed E-state index contributed by atoms with van der Waals surface area (Å²) in [6, 6.07) is 3.56. The van der Waals surface area contributed by atoms with Crippen molar-refractivity contribution in [1.82, 2.24) is 4.98 Å². The number of hydrogen-bond acceptors (Lipinski definition) is 5. The van der Waals surface area contributed by atoms with Crippen molar-refractivity contribution in [2.45, 2.75) is 0 Å². The fraction of sp³-hybridized carbons (Fsp3) is 0.300. The quantitative estimate of drug-likeness (QED) is 0.871. The second kappa shape index (κ2) is 4.13. The number of pyridine rings is 1. The highest BCUT2D eigenvalue weighted by Crippen LogP contribution is 2.21. The third-order valence-corrected chi connectivity index (χ3v) is 3.09. The van der Waals surface area contributed by atoms with E-state index in [0.717, 1.165) is 11.0 Å². The highest BCUT2D eigenvalue weighted by Gasteiger charge is 2.05. The SMILES string of the molecule is CS(=O)(=O)CCNc1nccc2occc12. The molecule has 0 radical (unpaired) electrons. The molecule has 6 heteroatoms. The Morgan fingerprint density at radius 3 is 3.00 bits per heavy atom. The van der Waals surface area contributed by atoms with Gasteiger partial charge in [-0.05, 0) is 12.1 Å². The molecule has 0 saturated heterocycles. The van der Waals surface area contributed by atoms with Crippen LogP contribution in [0.3, 0.4) is 0 Å². The van der Waals surface area contributed by atoms with Gasteiger partial charge in [0, 0.05) is 19.0 Å². The van der Waals surface area contributed by atoms with Crippen molar-refractivity contribution in [2.24, 2.45) is 0 Å². The van der Waals surface area contributed by atoms with Crippen LogP contribution in [0.4, 0.5) is 5.82 Å². The number of sulfone groups is 1. The lowest BCUT2D eigenvalue weighted by Gasteiger charge is -2.04. The molecular formula is C10H12N2O3S. The molecule has 0 aliphatic heterocycles. The Balaban J connectivity index is 2.12. The Kier molecular flexibility index (Phi) is 2.82. The van der Waals surface area contributed by atoms with Crippen LogP contribution in [0.15, 0.2) is 29.0 Å². The van der Waals surface area contributed by atoms with Crippen LogP contribution < -0.4 is 5.32 Å². The van der Waals surface area contributed by atoms with Gasteiger partial charge in [-0.3, -0.25) is 0 Å². The maximum absolute atomic E-state index is 11.0. The van der Waals surface area contributed by atoms with Gasteiger partial charge < -0.3 is 9.73 Å². The van der Waals surface area contributed by atoms with Crippen LogP contribution in [-0.2, 0) is 9.84 Å². The predicted molar refractivity (Wildman–Crippen MR) is 62.2 cm³/mol. The number of anilines is 1. The fourth-order valence-corrected chi connectivity index (χ4v) is 1.86. The van der Waals surface area contributed by atoms with Crippen molar-refractivity contribution in [2.75, 3.05) is 23.9 Å². The van der Waals surface area contributed by atoms with Gasteiger partial charge in [0.05, 0.1) is 17.4 Å². The molecule has 0 aliphatic rings. The zero-order valence-corrected chi connectivity index (χ0v) is 9.62. The predicted octanol–water partition coefficient (Wildman–Crippen LogP) is 1.28. The summed E-state index contributed by atoms with van der Waals surface area (Å²) < 4.78 is 27.1. The molecule has 86 valence electrons. The summed E-state index contributed by atoms with van der Waals surface area (Å²) in [5, 5.41) is 3.84. The molecule has 0 aromatic carbocycles. The van der Waals surface area contributed by atoms with Crippen LogP contribution in [0.5, 0.6) is 0 Å². The zero-order valence-electron chi connectivity index (χ0n) is 8.80. The Morgan fingerprint density at radius 1 is 1.44 bits per heavy atom. The molecule has 0 aliphatic carbocycles. The van der Waals surface area contributed by atoms with Gasteiger partial charge in [-0.2, -0.15) is 0 Å². The number of furan rings is 1. The van der Waals surface area contributed by atoms with Crippen LogP contribution in [0, 0.1) is 0 Å². The number of nitrogens with zero attached hydrogens (tertiary/aromatic N) is 1. The zero-order chi connectivity index (χ0) is 11.6. The summed E-state index contributed by atoms with van der Waals surface area (Å²) in [6.07, 6.45) is 4.41. The summed E-state index contributed by atoms with van der Waals surface area (Å²) >= 11 is 0. The summed E-state index contributed by atoms with van der Waals surface area (Å²) in [4.78, 5) is 4.13. The van der Waals surface area contributed by atoms with Crippen LogP contribution in [0.1, 0.15) is 0 Å². The molecule has 0 atom stereocenters. The van der Waals surface area contributed by atoms with E-state index in [0.29, 0.717) is 12.4 Å². The number of hydrogen-bond donors (Lipinski definition) is 1. The molecule has 2 aromatic heterocycles. The summed E-state index contributed by atoms with van der Waals surface area (Å²) in [5.74, 6) is 0.734. The smallest absolute Gasteiger partial charge is 0.149 e. The Morgan fingerprint density at radius 2 is 2.25 bits per heavy atom. The first-order valence-corrected chi connectivity index (χ1v) is 6.86. The molecule has 2 heterocycles. The van der Waals surface area contributed by atoms with Crippen molar-refractivity contribution < 1.29 is 12.8 Å². The van der Waals surface area contributed by atoms with Crippen LogP contribution in [0.2, 0.25) is 0 Å². The molecule has 0 fully saturated rings. The molecular weight excluding hydrogens is 228 g/mol. The fourth-order valence-electron chi connectivity index (χ4n) is 1.39. The average Bonchev–Trinajstić information content (AvgIpc) is 2.64. The lowest BCUT2D eigenvalue weighted by atomic mass is 10.3. The minimum Gasteiger partial charge on any atom is -0.464 e. The van der Waals surface area contributed by atoms with E-state index in [1.54, 1.807) is 24.6 Å². The third-order valence-electron chi connectivity index (χ3n) is 2.15. The molecule has 2 aromatic rings. The minimum atomic E-state index is -2.95. The van der Waals surface area contributed by atoms with E-state index in [1.165, 1.54) is 6.26 Å². The monoisotopic (exact) mass is 240 g/mol. The third kappa shape index (κ3) is 2.52. The Hall–Kier alpha value is -1.56. The van der Waals surface area contributed by atoms with E-state index in [1.807, 2.05) is 0 Å². The Labute approximate surface area is 93.4 Å². The van der Waals surface area contributed by atoms with Crippen LogP contribution in [0.25, 0.3) is 11.0 Å². The molecule has 0 amide bonds. The maximum atomic E-state index is 11.0. The largest absolute Gasteiger partial charge is 0.464 e. The van der Waals surface area contributed by atoms with Gasteiger partial charge in [0.1, 0.15) is 21.2 Å². The van der Waals surface area contributed by atoms with E-state index in [9.17, 15) is 8.42 Å². The first kappa shape index (κ1) is 10.9. The number of rotatable bonds is 4. The van der Waals surface area contributed by atoms with Crippen molar-refractivity contribution in [1.29, 1.82) is 0 Å². The molecule has 0 spiro atoms. The normalized spacial score (nSPS) is 11.8. The summed E-state index contributed by atoms with van der Waals surface area (Å²) in [7, 11) is -2.95. The lowest BCUT2D eigenvalue weighted by Crippen LogP contribution is -2.14. The molecule has 0 bridgehead atoms. The lowest BCUT2D eigenvalue weighted by molar-refractivity contribution is 0.602. The highest BCUT2D eigenvalue weighted by molar-refractivity contribution is 7.90. The maximum Gasteiger partial charge on any atom is 0.149 e. The summed E-state index contributed by atoms with van der Waals surface area (Å²) in [6.45, 7) is 0.343. The number of aromatic nitrogens is 1. The first-order valence-electron chi connectivity index (χ1n) is 4.80. The molecule has 1 N–H and O–H groups in total. The van der Waals surface area contributed by atoms with Crippen LogP contribution in [-0.4, -0.2) is 32.0 Å². The standard InChI is InChI=1S/C10H12N2O3S/c1-16(13,14)7-5-12-10-8-3-6-15-9(8)2-4-11-10/h2-4,6H,5,7H2,1H3,(H,11,12). The van der Waals surface area contributed by atoms with E-state index < -0.39 is 9.84 Å². The van der Waals surface area contributed by atoms with Crippen molar-refractivity contribution in [3.05, 3.63) is 24.6 Å². The van der Waals surface area contributed by atoms with E-state index in [4.69, 9.17) is 4.42 Å². The van der Waals surface area contributed by atoms with Gasteiger partial charge in [0.15, 0.2) is 0 Å². The van der Waals surface area contributed by atoms with Gasteiger partial charge in [0.25, 0.3) is 0 Å². The molecule has 16 heavy (non-hydrogen) atoms. The van der Waals surface area contributed by atoms with Crippen molar-refractivity contribution >= 4 is 26.6 Å². The van der Waals surface area contributed by atoms with Gasteiger partial charge >= 0.3 is 0 Å². The average molecular weight is 240 g/mol. The topological polar surface area (TPSA) is 72.2 Å². The number of fused-ring (bicyclic) bond motifs is 1. The van der Waals surface area contributed by atoms with E-state index >= 15 is 0 Å². The van der Waals surface area contributed by atoms with E-state index in [-0.39, 0.29) is 5.75 Å².